The molecule has 100 valence electrons. The van der Waals surface area contributed by atoms with E-state index in [1.54, 1.807) is 0 Å². The van der Waals surface area contributed by atoms with Gasteiger partial charge < -0.3 is 4.74 Å². The summed E-state index contributed by atoms with van der Waals surface area (Å²) in [6.07, 6.45) is 3.20. The molecule has 2 atom stereocenters. The number of ether oxygens (including phenoxy) is 1. The summed E-state index contributed by atoms with van der Waals surface area (Å²) in [6.45, 7) is 7.78. The van der Waals surface area contributed by atoms with Crippen LogP contribution in [-0.2, 0) is 9.53 Å². The summed E-state index contributed by atoms with van der Waals surface area (Å²) in [5.41, 5.74) is 2.69. The first-order valence-electron chi connectivity index (χ1n) is 6.73. The molecule has 2 nitrogen and oxygen atoms in total. The zero-order valence-electron chi connectivity index (χ0n) is 11.9. The van der Waals surface area contributed by atoms with Crippen molar-refractivity contribution in [1.82, 2.24) is 0 Å². The molecule has 0 aliphatic carbocycles. The van der Waals surface area contributed by atoms with Crippen molar-refractivity contribution in [3.8, 4) is 0 Å². The van der Waals surface area contributed by atoms with Crippen molar-refractivity contribution < 1.29 is 9.53 Å². The van der Waals surface area contributed by atoms with Gasteiger partial charge in [-0.1, -0.05) is 36.8 Å². The summed E-state index contributed by atoms with van der Waals surface area (Å²) in [6, 6.07) is 8.73. The van der Waals surface area contributed by atoms with Crippen LogP contribution >= 0.6 is 0 Å². The van der Waals surface area contributed by atoms with Gasteiger partial charge in [-0.3, -0.25) is 4.79 Å². The first-order chi connectivity index (χ1) is 8.49. The lowest BCUT2D eigenvalue weighted by Gasteiger charge is -2.15. The van der Waals surface area contributed by atoms with Gasteiger partial charge >= 0.3 is 5.97 Å². The molecule has 0 unspecified atom stereocenters. The Morgan fingerprint density at radius 2 is 1.78 bits per heavy atom. The molecule has 1 rings (SSSR count). The van der Waals surface area contributed by atoms with E-state index in [2.05, 4.69) is 38.1 Å². The summed E-state index contributed by atoms with van der Waals surface area (Å²) in [5, 5.41) is 0. The highest BCUT2D eigenvalue weighted by molar-refractivity contribution is 5.66. The highest BCUT2D eigenvalue weighted by atomic mass is 16.5. The van der Waals surface area contributed by atoms with Crippen molar-refractivity contribution in [3.63, 3.8) is 0 Å². The Kier molecular flexibility index (Phi) is 5.90. The largest absolute Gasteiger partial charge is 0.463 e. The van der Waals surface area contributed by atoms with Gasteiger partial charge in [0.05, 0.1) is 6.10 Å². The average Bonchev–Trinajstić information content (AvgIpc) is 2.28. The predicted molar refractivity (Wildman–Crippen MR) is 74.7 cm³/mol. The van der Waals surface area contributed by atoms with E-state index in [-0.39, 0.29) is 12.1 Å². The maximum absolute atomic E-state index is 10.8. The average molecular weight is 248 g/mol. The van der Waals surface area contributed by atoms with Crippen LogP contribution in [0.5, 0.6) is 0 Å². The third kappa shape index (κ3) is 5.35. The quantitative estimate of drug-likeness (QED) is 0.704. The molecular weight excluding hydrogens is 224 g/mol. The number of carbonyl (C=O) groups is 1. The van der Waals surface area contributed by atoms with Crippen LogP contribution in [0, 0.1) is 6.92 Å². The summed E-state index contributed by atoms with van der Waals surface area (Å²) < 4.78 is 5.11. The molecule has 0 aliphatic heterocycles. The first-order valence-corrected chi connectivity index (χ1v) is 6.73. The zero-order valence-corrected chi connectivity index (χ0v) is 11.9. The Hall–Kier alpha value is -1.31. The minimum absolute atomic E-state index is 0.0349. The maximum atomic E-state index is 10.8. The van der Waals surface area contributed by atoms with Crippen molar-refractivity contribution in [2.45, 2.75) is 59.0 Å². The normalized spacial score (nSPS) is 14.0. The van der Waals surface area contributed by atoms with Gasteiger partial charge in [-0.05, 0) is 44.6 Å². The fourth-order valence-corrected chi connectivity index (χ4v) is 2.12. The highest BCUT2D eigenvalue weighted by Gasteiger charge is 2.08. The predicted octanol–water partition coefficient (Wildman–Crippen LogP) is 4.22. The Bertz CT molecular complexity index is 367. The number of rotatable bonds is 6. The van der Waals surface area contributed by atoms with Crippen molar-refractivity contribution in [2.24, 2.45) is 0 Å². The molecule has 18 heavy (non-hydrogen) atoms. The topological polar surface area (TPSA) is 26.3 Å². The maximum Gasteiger partial charge on any atom is 0.302 e. The molecule has 0 radical (unpaired) electrons. The zero-order chi connectivity index (χ0) is 13.5. The molecule has 0 saturated carbocycles. The number of benzene rings is 1. The molecule has 0 bridgehead atoms. The Morgan fingerprint density at radius 3 is 2.33 bits per heavy atom. The van der Waals surface area contributed by atoms with Crippen LogP contribution in [-0.4, -0.2) is 12.1 Å². The number of esters is 1. The summed E-state index contributed by atoms with van der Waals surface area (Å²) >= 11 is 0. The summed E-state index contributed by atoms with van der Waals surface area (Å²) in [4.78, 5) is 10.8. The van der Waals surface area contributed by atoms with Gasteiger partial charge in [0, 0.05) is 6.92 Å². The molecule has 2 heteroatoms. The SMILES string of the molecule is CC(=O)O[C@H](C)CCC[C@@H](C)c1ccc(C)cc1. The molecule has 0 aliphatic rings. The Balaban J connectivity index is 2.31. The minimum atomic E-state index is -0.186. The second-order valence-electron chi connectivity index (χ2n) is 5.16. The van der Waals surface area contributed by atoms with Gasteiger partial charge in [-0.15, -0.1) is 0 Å². The van der Waals surface area contributed by atoms with E-state index in [1.807, 2.05) is 6.92 Å². The smallest absolute Gasteiger partial charge is 0.302 e. The van der Waals surface area contributed by atoms with Crippen LogP contribution in [0.15, 0.2) is 24.3 Å². The van der Waals surface area contributed by atoms with Gasteiger partial charge in [-0.2, -0.15) is 0 Å². The van der Waals surface area contributed by atoms with Crippen LogP contribution in [0.25, 0.3) is 0 Å². The Labute approximate surface area is 110 Å². The molecule has 0 heterocycles. The third-order valence-electron chi connectivity index (χ3n) is 3.26. The minimum Gasteiger partial charge on any atom is -0.463 e. The lowest BCUT2D eigenvalue weighted by atomic mass is 9.94. The van der Waals surface area contributed by atoms with E-state index in [9.17, 15) is 4.79 Å². The number of hydrogen-bond donors (Lipinski definition) is 0. The lowest BCUT2D eigenvalue weighted by molar-refractivity contribution is -0.145. The lowest BCUT2D eigenvalue weighted by Crippen LogP contribution is -2.12. The van der Waals surface area contributed by atoms with Gasteiger partial charge in [0.15, 0.2) is 0 Å². The van der Waals surface area contributed by atoms with Crippen molar-refractivity contribution >= 4 is 5.97 Å². The molecule has 0 fully saturated rings. The second kappa shape index (κ2) is 7.20. The summed E-state index contributed by atoms with van der Waals surface area (Å²) in [5.74, 6) is 0.379. The monoisotopic (exact) mass is 248 g/mol. The molecule has 1 aromatic carbocycles. The fraction of sp³-hybridized carbons (Fsp3) is 0.562. The van der Waals surface area contributed by atoms with Gasteiger partial charge in [-0.25, -0.2) is 0 Å². The number of hydrogen-bond acceptors (Lipinski definition) is 2. The van der Waals surface area contributed by atoms with E-state index in [0.29, 0.717) is 5.92 Å². The second-order valence-corrected chi connectivity index (χ2v) is 5.16. The first kappa shape index (κ1) is 14.7. The molecule has 0 aromatic heterocycles. The van der Waals surface area contributed by atoms with Gasteiger partial charge in [0.25, 0.3) is 0 Å². The highest BCUT2D eigenvalue weighted by Crippen LogP contribution is 2.22. The van der Waals surface area contributed by atoms with Crippen molar-refractivity contribution in [1.29, 1.82) is 0 Å². The molecule has 0 spiro atoms. The third-order valence-corrected chi connectivity index (χ3v) is 3.26. The van der Waals surface area contributed by atoms with E-state index in [1.165, 1.54) is 18.1 Å². The molecule has 1 aromatic rings. The molecular formula is C16H24O2. The van der Waals surface area contributed by atoms with E-state index >= 15 is 0 Å². The van der Waals surface area contributed by atoms with E-state index in [0.717, 1.165) is 19.3 Å². The molecule has 0 N–H and O–H groups in total. The van der Waals surface area contributed by atoms with E-state index < -0.39 is 0 Å². The van der Waals surface area contributed by atoms with Crippen LogP contribution in [0.1, 0.15) is 57.1 Å². The number of carbonyl (C=O) groups excluding carboxylic acids is 1. The van der Waals surface area contributed by atoms with Crippen LogP contribution < -0.4 is 0 Å². The van der Waals surface area contributed by atoms with E-state index in [4.69, 9.17) is 4.74 Å². The van der Waals surface area contributed by atoms with Crippen LogP contribution in [0.4, 0.5) is 0 Å². The van der Waals surface area contributed by atoms with Gasteiger partial charge in [0.1, 0.15) is 0 Å². The van der Waals surface area contributed by atoms with Crippen molar-refractivity contribution in [3.05, 3.63) is 35.4 Å². The van der Waals surface area contributed by atoms with Crippen LogP contribution in [0.2, 0.25) is 0 Å². The standard InChI is InChI=1S/C16H24O2/c1-12-8-10-16(11-9-12)13(2)6-5-7-14(3)18-15(4)17/h8-11,13-14H,5-7H2,1-4H3/t13-,14-/m1/s1. The number of aryl methyl sites for hydroxylation is 1. The Morgan fingerprint density at radius 1 is 1.17 bits per heavy atom. The molecule has 0 amide bonds. The van der Waals surface area contributed by atoms with Crippen LogP contribution in [0.3, 0.4) is 0 Å². The fourth-order valence-electron chi connectivity index (χ4n) is 2.12. The van der Waals surface area contributed by atoms with Crippen molar-refractivity contribution in [2.75, 3.05) is 0 Å². The molecule has 0 saturated heterocycles. The summed E-state index contributed by atoms with van der Waals surface area (Å²) in [7, 11) is 0. The van der Waals surface area contributed by atoms with Gasteiger partial charge in [0.2, 0.25) is 0 Å².